The molecule has 0 bridgehead atoms. The van der Waals surface area contributed by atoms with E-state index in [1.54, 1.807) is 12.1 Å². The summed E-state index contributed by atoms with van der Waals surface area (Å²) in [6, 6.07) is 16.9. The van der Waals surface area contributed by atoms with Crippen molar-refractivity contribution in [1.29, 1.82) is 0 Å². The molecule has 0 spiro atoms. The predicted molar refractivity (Wildman–Crippen MR) is 104 cm³/mol. The number of hydrogen-bond donors (Lipinski definition) is 3. The normalized spacial score (nSPS) is 9.52. The molecule has 0 atom stereocenters. The zero-order valence-corrected chi connectivity index (χ0v) is 16.8. The second-order valence-electron chi connectivity index (χ2n) is 5.42. The smallest absolute Gasteiger partial charge is 1.00 e. The molecule has 0 aliphatic heterocycles. The van der Waals surface area contributed by atoms with Crippen molar-refractivity contribution in [1.82, 2.24) is 0 Å². The maximum atomic E-state index is 10.8. The zero-order chi connectivity index (χ0) is 19.3. The Morgan fingerprint density at radius 2 is 1.07 bits per heavy atom. The van der Waals surface area contributed by atoms with E-state index in [9.17, 15) is 14.4 Å². The fourth-order valence-corrected chi connectivity index (χ4v) is 2.51. The van der Waals surface area contributed by atoms with Crippen molar-refractivity contribution in [3.63, 3.8) is 0 Å². The first-order valence-corrected chi connectivity index (χ1v) is 7.60. The van der Waals surface area contributed by atoms with Crippen LogP contribution in [0.1, 0.15) is 39.5 Å². The number of carbonyl (C=O) groups is 3. The van der Waals surface area contributed by atoms with Gasteiger partial charge in [-0.15, -0.1) is 0 Å². The summed E-state index contributed by atoms with van der Waals surface area (Å²) in [5, 5.41) is 28.0. The van der Waals surface area contributed by atoms with Gasteiger partial charge in [0.25, 0.3) is 0 Å². The second kappa shape index (κ2) is 10.1. The largest absolute Gasteiger partial charge is 2.00 e. The Morgan fingerprint density at radius 3 is 1.59 bits per heavy atom. The number of carboxylic acid groups (broad SMARTS) is 3. The van der Waals surface area contributed by atoms with Crippen LogP contribution in [0.4, 0.5) is 0 Å². The molecule has 0 aliphatic carbocycles. The van der Waals surface area contributed by atoms with E-state index < -0.39 is 17.9 Å². The van der Waals surface area contributed by atoms with E-state index >= 15 is 0 Å². The van der Waals surface area contributed by atoms with Crippen LogP contribution in [0.5, 0.6) is 0 Å². The number of aromatic carboxylic acids is 3. The average Bonchev–Trinajstić information content (AvgIpc) is 2.61. The van der Waals surface area contributed by atoms with Gasteiger partial charge in [0.2, 0.25) is 0 Å². The number of rotatable bonds is 3. The molecule has 27 heavy (non-hydrogen) atoms. The molecule has 3 aromatic carbocycles. The molecule has 136 valence electrons. The van der Waals surface area contributed by atoms with Crippen molar-refractivity contribution in [3.8, 4) is 0 Å². The summed E-state index contributed by atoms with van der Waals surface area (Å²) in [5.41, 5.74) is 0.695. The third-order valence-electron chi connectivity index (χ3n) is 3.81. The van der Waals surface area contributed by atoms with Crippen LogP contribution in [0, 0.1) is 6.92 Å². The van der Waals surface area contributed by atoms with Crippen LogP contribution in [0.2, 0.25) is 0 Å². The number of benzene rings is 3. The van der Waals surface area contributed by atoms with Crippen LogP contribution in [0.3, 0.4) is 0 Å². The van der Waals surface area contributed by atoms with Crippen LogP contribution in [-0.2, 0) is 0 Å². The van der Waals surface area contributed by atoms with Gasteiger partial charge in [0.15, 0.2) is 0 Å². The van der Waals surface area contributed by atoms with E-state index in [0.29, 0.717) is 5.56 Å². The Hall–Kier alpha value is -2.41. The van der Waals surface area contributed by atoms with Gasteiger partial charge in [-0.2, -0.15) is 0 Å². The first kappa shape index (κ1) is 22.6. The van der Waals surface area contributed by atoms with E-state index in [2.05, 4.69) is 0 Å². The van der Waals surface area contributed by atoms with Gasteiger partial charge in [-0.1, -0.05) is 42.5 Å². The van der Waals surface area contributed by atoms with Crippen molar-refractivity contribution in [2.24, 2.45) is 0 Å². The maximum Gasteiger partial charge on any atom is 2.00 e. The van der Waals surface area contributed by atoms with Crippen LogP contribution in [0.15, 0.2) is 60.7 Å². The van der Waals surface area contributed by atoms with Gasteiger partial charge in [-0.3, -0.25) is 0 Å². The molecule has 3 rings (SSSR count). The molecular formula is C20H18CaO6. The summed E-state index contributed by atoms with van der Waals surface area (Å²) in [6.07, 6.45) is 0. The summed E-state index contributed by atoms with van der Waals surface area (Å²) < 4.78 is 0. The summed E-state index contributed by atoms with van der Waals surface area (Å²) >= 11 is 0. The van der Waals surface area contributed by atoms with E-state index in [1.165, 1.54) is 25.1 Å². The van der Waals surface area contributed by atoms with Crippen molar-refractivity contribution >= 4 is 66.4 Å². The Bertz CT molecular complexity index is 970. The average molecular weight is 394 g/mol. The molecule has 0 radical (unpaired) electrons. The molecular weight excluding hydrogens is 376 g/mol. The van der Waals surface area contributed by atoms with Crippen molar-refractivity contribution < 1.29 is 32.6 Å². The van der Waals surface area contributed by atoms with Gasteiger partial charge in [0, 0.05) is 0 Å². The molecule has 0 amide bonds. The molecule has 6 nitrogen and oxygen atoms in total. The molecule has 7 heteroatoms. The minimum atomic E-state index is -1.11. The maximum absolute atomic E-state index is 10.8. The first-order valence-electron chi connectivity index (χ1n) is 7.60. The fourth-order valence-electron chi connectivity index (χ4n) is 2.51. The van der Waals surface area contributed by atoms with Gasteiger partial charge in [-0.25, -0.2) is 14.4 Å². The van der Waals surface area contributed by atoms with Gasteiger partial charge in [-0.05, 0) is 41.5 Å². The second-order valence-corrected chi connectivity index (χ2v) is 5.42. The van der Waals surface area contributed by atoms with Gasteiger partial charge >= 0.3 is 55.6 Å². The number of carboxylic acids is 3. The third kappa shape index (κ3) is 5.53. The molecule has 0 saturated heterocycles. The number of fused-ring (bicyclic) bond motifs is 1. The van der Waals surface area contributed by atoms with E-state index in [0.717, 1.165) is 10.8 Å². The molecule has 0 aromatic heterocycles. The van der Waals surface area contributed by atoms with Crippen LogP contribution < -0.4 is 0 Å². The quantitative estimate of drug-likeness (QED) is 0.583. The predicted octanol–water partition coefficient (Wildman–Crippen LogP) is 3.77. The van der Waals surface area contributed by atoms with E-state index in [-0.39, 0.29) is 57.3 Å². The van der Waals surface area contributed by atoms with E-state index in [1.807, 2.05) is 30.3 Å². The van der Waals surface area contributed by atoms with Crippen molar-refractivity contribution in [2.75, 3.05) is 0 Å². The minimum Gasteiger partial charge on any atom is -1.00 e. The van der Waals surface area contributed by atoms with Crippen molar-refractivity contribution in [3.05, 3.63) is 82.9 Å². The first-order chi connectivity index (χ1) is 12.3. The molecule has 0 aliphatic rings. The topological polar surface area (TPSA) is 112 Å². The molecule has 0 heterocycles. The minimum absolute atomic E-state index is 0. The van der Waals surface area contributed by atoms with Crippen molar-refractivity contribution in [2.45, 2.75) is 6.92 Å². The molecule has 3 N–H and O–H groups in total. The Kier molecular flexibility index (Phi) is 8.43. The Balaban J connectivity index is 0. The number of hydrogen-bond acceptors (Lipinski definition) is 3. The summed E-state index contributed by atoms with van der Waals surface area (Å²) in [6.45, 7) is 1.48. The summed E-state index contributed by atoms with van der Waals surface area (Å²) in [4.78, 5) is 32.0. The van der Waals surface area contributed by atoms with Crippen LogP contribution in [0.25, 0.3) is 10.8 Å². The standard InChI is InChI=1S/C11H8O2.C9H8O4.Ca.2H/c12-11(13)10-7-3-5-8-4-1-2-6-9(8)10;1-5-6(8(10)11)3-2-4-7(5)9(12)13;;;/h1-7H,(H,12,13);2-4H,1H3,(H,10,11)(H,12,13);;;/q;;+2;2*-1. The Labute approximate surface area is 188 Å². The molecule has 0 fully saturated rings. The monoisotopic (exact) mass is 394 g/mol. The van der Waals surface area contributed by atoms with Crippen LogP contribution >= 0.6 is 0 Å². The van der Waals surface area contributed by atoms with Gasteiger partial charge in [0.1, 0.15) is 0 Å². The molecule has 0 unspecified atom stereocenters. The van der Waals surface area contributed by atoms with Crippen LogP contribution in [-0.4, -0.2) is 71.0 Å². The zero-order valence-electron chi connectivity index (χ0n) is 16.5. The SMILES string of the molecule is Cc1c(C(=O)O)cccc1C(=O)O.O=C(O)c1cccc2ccccc12.[Ca+2].[H-].[H-]. The fraction of sp³-hybridized carbons (Fsp3) is 0.0500. The van der Waals surface area contributed by atoms with Gasteiger partial charge < -0.3 is 18.2 Å². The molecule has 3 aromatic rings. The summed E-state index contributed by atoms with van der Waals surface area (Å²) in [7, 11) is 0. The summed E-state index contributed by atoms with van der Waals surface area (Å²) in [5.74, 6) is -3.10. The third-order valence-corrected chi connectivity index (χ3v) is 3.81. The molecule has 0 saturated carbocycles. The van der Waals surface area contributed by atoms with E-state index in [4.69, 9.17) is 15.3 Å². The Morgan fingerprint density at radius 1 is 0.667 bits per heavy atom. The van der Waals surface area contributed by atoms with Gasteiger partial charge in [0.05, 0.1) is 16.7 Å².